The van der Waals surface area contributed by atoms with Crippen molar-refractivity contribution in [2.24, 2.45) is 0 Å². The number of rotatable bonds is 3. The van der Waals surface area contributed by atoms with Gasteiger partial charge in [0.05, 0.1) is 11.2 Å². The van der Waals surface area contributed by atoms with Crippen molar-refractivity contribution in [3.05, 3.63) is 36.5 Å². The molecule has 2 aromatic rings. The van der Waals surface area contributed by atoms with Crippen molar-refractivity contribution in [1.29, 1.82) is 0 Å². The lowest BCUT2D eigenvalue weighted by Gasteiger charge is -2.11. The van der Waals surface area contributed by atoms with Gasteiger partial charge in [-0.15, -0.1) is 24.8 Å². The molecule has 6 heteroatoms. The molecule has 21 heavy (non-hydrogen) atoms. The van der Waals surface area contributed by atoms with Crippen LogP contribution >= 0.6 is 24.8 Å². The Labute approximate surface area is 136 Å². The van der Waals surface area contributed by atoms with Crippen LogP contribution in [0.15, 0.2) is 36.5 Å². The Morgan fingerprint density at radius 3 is 2.90 bits per heavy atom. The largest absolute Gasteiger partial charge is 0.325 e. The number of carbonyl (C=O) groups is 1. The number of hydrogen-bond donors (Lipinski definition) is 2. The van der Waals surface area contributed by atoms with E-state index in [0.717, 1.165) is 36.0 Å². The van der Waals surface area contributed by atoms with E-state index in [1.54, 1.807) is 6.20 Å². The monoisotopic (exact) mass is 327 g/mol. The first-order chi connectivity index (χ1) is 9.33. The maximum absolute atomic E-state index is 12.0. The molecule has 0 radical (unpaired) electrons. The minimum Gasteiger partial charge on any atom is -0.325 e. The van der Waals surface area contributed by atoms with Crippen LogP contribution < -0.4 is 10.6 Å². The summed E-state index contributed by atoms with van der Waals surface area (Å²) < 4.78 is 0. The van der Waals surface area contributed by atoms with E-state index in [9.17, 15) is 4.79 Å². The van der Waals surface area contributed by atoms with Crippen molar-refractivity contribution in [2.75, 3.05) is 11.9 Å². The van der Waals surface area contributed by atoms with E-state index in [0.29, 0.717) is 12.5 Å². The molecule has 1 aliphatic rings. The van der Waals surface area contributed by atoms with Gasteiger partial charge in [-0.25, -0.2) is 0 Å². The van der Waals surface area contributed by atoms with Gasteiger partial charge in [0.2, 0.25) is 5.91 Å². The number of nitrogens with zero attached hydrogens (tertiary/aromatic N) is 1. The van der Waals surface area contributed by atoms with Crippen molar-refractivity contribution in [3.8, 4) is 0 Å². The topological polar surface area (TPSA) is 54.0 Å². The van der Waals surface area contributed by atoms with Gasteiger partial charge in [0.15, 0.2) is 0 Å². The SMILES string of the molecule is Cl.Cl.O=C(CC1CCCN1)Nc1cccc2ncccc12. The van der Waals surface area contributed by atoms with E-state index >= 15 is 0 Å². The summed E-state index contributed by atoms with van der Waals surface area (Å²) in [6.07, 6.45) is 4.55. The first kappa shape index (κ1) is 17.7. The quantitative estimate of drug-likeness (QED) is 0.910. The number of benzene rings is 1. The minimum absolute atomic E-state index is 0. The molecule has 1 aliphatic heterocycles. The van der Waals surface area contributed by atoms with Crippen molar-refractivity contribution >= 4 is 47.3 Å². The standard InChI is InChI=1S/C15H17N3O.2ClH/c19-15(10-11-4-2-8-16-11)18-14-7-1-6-13-12(14)5-3-9-17-13;;/h1,3,5-7,9,11,16H,2,4,8,10H2,(H,18,19);2*1H. The molecule has 1 aromatic carbocycles. The van der Waals surface area contributed by atoms with Crippen LogP contribution in [0.2, 0.25) is 0 Å². The summed E-state index contributed by atoms with van der Waals surface area (Å²) in [4.78, 5) is 16.3. The van der Waals surface area contributed by atoms with Gasteiger partial charge in [-0.3, -0.25) is 9.78 Å². The van der Waals surface area contributed by atoms with Crippen molar-refractivity contribution in [1.82, 2.24) is 10.3 Å². The third-order valence-electron chi connectivity index (χ3n) is 3.51. The lowest BCUT2D eigenvalue weighted by atomic mass is 10.1. The molecule has 3 rings (SSSR count). The zero-order valence-electron chi connectivity index (χ0n) is 11.5. The summed E-state index contributed by atoms with van der Waals surface area (Å²) >= 11 is 0. The van der Waals surface area contributed by atoms with Gasteiger partial charge in [0, 0.05) is 24.0 Å². The fraction of sp³-hybridized carbons (Fsp3) is 0.333. The van der Waals surface area contributed by atoms with E-state index in [1.165, 1.54) is 0 Å². The number of aromatic nitrogens is 1. The van der Waals surface area contributed by atoms with Crippen molar-refractivity contribution in [2.45, 2.75) is 25.3 Å². The summed E-state index contributed by atoms with van der Waals surface area (Å²) in [5, 5.41) is 7.31. The normalized spacial score (nSPS) is 16.9. The second-order valence-electron chi connectivity index (χ2n) is 4.92. The second-order valence-corrected chi connectivity index (χ2v) is 4.92. The highest BCUT2D eigenvalue weighted by Crippen LogP contribution is 2.21. The minimum atomic E-state index is 0. The van der Waals surface area contributed by atoms with E-state index < -0.39 is 0 Å². The van der Waals surface area contributed by atoms with Crippen LogP contribution in [0, 0.1) is 0 Å². The van der Waals surface area contributed by atoms with E-state index in [2.05, 4.69) is 15.6 Å². The highest BCUT2D eigenvalue weighted by Gasteiger charge is 2.17. The van der Waals surface area contributed by atoms with Crippen LogP contribution in [0.5, 0.6) is 0 Å². The van der Waals surface area contributed by atoms with Gasteiger partial charge >= 0.3 is 0 Å². The summed E-state index contributed by atoms with van der Waals surface area (Å²) in [6.45, 7) is 1.02. The summed E-state index contributed by atoms with van der Waals surface area (Å²) in [6, 6.07) is 9.97. The summed E-state index contributed by atoms with van der Waals surface area (Å²) in [5.74, 6) is 0.0655. The van der Waals surface area contributed by atoms with Gasteiger partial charge in [0.25, 0.3) is 0 Å². The number of amides is 1. The first-order valence-corrected chi connectivity index (χ1v) is 6.70. The molecule has 4 nitrogen and oxygen atoms in total. The zero-order valence-corrected chi connectivity index (χ0v) is 13.2. The fourth-order valence-electron chi connectivity index (χ4n) is 2.57. The molecule has 1 fully saturated rings. The number of carbonyl (C=O) groups excluding carboxylic acids is 1. The Morgan fingerprint density at radius 2 is 2.14 bits per heavy atom. The second kappa shape index (κ2) is 8.17. The van der Waals surface area contributed by atoms with Gasteiger partial charge in [-0.05, 0) is 43.7 Å². The predicted molar refractivity (Wildman–Crippen MR) is 90.5 cm³/mol. The lowest BCUT2D eigenvalue weighted by molar-refractivity contribution is -0.116. The van der Waals surface area contributed by atoms with Crippen molar-refractivity contribution in [3.63, 3.8) is 0 Å². The maximum atomic E-state index is 12.0. The third kappa shape index (κ3) is 4.30. The zero-order chi connectivity index (χ0) is 13.1. The number of pyridine rings is 1. The van der Waals surface area contributed by atoms with Gasteiger partial charge in [0.1, 0.15) is 0 Å². The Bertz CT molecular complexity index is 595. The predicted octanol–water partition coefficient (Wildman–Crippen LogP) is 3.16. The molecule has 1 saturated heterocycles. The van der Waals surface area contributed by atoms with Gasteiger partial charge < -0.3 is 10.6 Å². The lowest BCUT2D eigenvalue weighted by Crippen LogP contribution is -2.27. The Hall–Kier alpha value is -1.36. The van der Waals surface area contributed by atoms with Crippen molar-refractivity contribution < 1.29 is 4.79 Å². The number of halogens is 2. The molecule has 1 unspecified atom stereocenters. The highest BCUT2D eigenvalue weighted by molar-refractivity contribution is 6.01. The van der Waals surface area contributed by atoms with Crippen LogP contribution in [0.3, 0.4) is 0 Å². The molecule has 2 N–H and O–H groups in total. The number of anilines is 1. The van der Waals surface area contributed by atoms with Crippen LogP contribution in [0.4, 0.5) is 5.69 Å². The molecule has 1 aromatic heterocycles. The molecule has 1 amide bonds. The average molecular weight is 328 g/mol. The van der Waals surface area contributed by atoms with Crippen LogP contribution in [-0.2, 0) is 4.79 Å². The van der Waals surface area contributed by atoms with Crippen LogP contribution in [0.25, 0.3) is 10.9 Å². The molecule has 0 spiro atoms. The summed E-state index contributed by atoms with van der Waals surface area (Å²) in [5.41, 5.74) is 1.74. The average Bonchev–Trinajstić information content (AvgIpc) is 2.92. The number of fused-ring (bicyclic) bond motifs is 1. The van der Waals surface area contributed by atoms with Gasteiger partial charge in [-0.1, -0.05) is 6.07 Å². The van der Waals surface area contributed by atoms with Crippen LogP contribution in [0.1, 0.15) is 19.3 Å². The molecule has 1 atom stereocenters. The van der Waals surface area contributed by atoms with E-state index in [4.69, 9.17) is 0 Å². The molecule has 0 bridgehead atoms. The summed E-state index contributed by atoms with van der Waals surface area (Å²) in [7, 11) is 0. The Balaban J connectivity index is 0.00000110. The third-order valence-corrected chi connectivity index (χ3v) is 3.51. The van der Waals surface area contributed by atoms with E-state index in [-0.39, 0.29) is 30.7 Å². The molecule has 2 heterocycles. The van der Waals surface area contributed by atoms with Gasteiger partial charge in [-0.2, -0.15) is 0 Å². The maximum Gasteiger partial charge on any atom is 0.225 e. The van der Waals surface area contributed by atoms with Crippen LogP contribution in [-0.4, -0.2) is 23.5 Å². The number of hydrogen-bond acceptors (Lipinski definition) is 3. The molecular formula is C15H19Cl2N3O. The molecule has 0 saturated carbocycles. The molecular weight excluding hydrogens is 309 g/mol. The highest BCUT2D eigenvalue weighted by atomic mass is 35.5. The molecule has 114 valence electrons. The molecule has 0 aliphatic carbocycles. The Morgan fingerprint density at radius 1 is 1.29 bits per heavy atom. The Kier molecular flexibility index (Phi) is 6.89. The fourth-order valence-corrected chi connectivity index (χ4v) is 2.57. The van der Waals surface area contributed by atoms with E-state index in [1.807, 2.05) is 30.3 Å². The first-order valence-electron chi connectivity index (χ1n) is 6.70. The number of nitrogens with one attached hydrogen (secondary N) is 2. The smallest absolute Gasteiger partial charge is 0.225 e.